The van der Waals surface area contributed by atoms with E-state index in [1.54, 1.807) is 17.2 Å². The fraction of sp³-hybridized carbons (Fsp3) is 0.176. The predicted octanol–water partition coefficient (Wildman–Crippen LogP) is 1.94. The van der Waals surface area contributed by atoms with Gasteiger partial charge in [0, 0.05) is 24.9 Å². The Morgan fingerprint density at radius 1 is 1.17 bits per heavy atom. The smallest absolute Gasteiger partial charge is 0.290 e. The number of rotatable bonds is 5. The van der Waals surface area contributed by atoms with Crippen LogP contribution in [0.25, 0.3) is 5.69 Å². The van der Waals surface area contributed by atoms with Crippen LogP contribution in [0.2, 0.25) is 0 Å². The van der Waals surface area contributed by atoms with Gasteiger partial charge in [0.05, 0.1) is 5.69 Å². The van der Waals surface area contributed by atoms with Crippen LogP contribution in [0.4, 0.5) is 0 Å². The average molecular weight is 307 g/mol. The minimum absolute atomic E-state index is 0.160. The number of aryl methyl sites for hydroxylation is 1. The molecule has 0 aliphatic carbocycles. The molecule has 6 heteroatoms. The molecule has 6 nitrogen and oxygen atoms in total. The van der Waals surface area contributed by atoms with E-state index in [0.29, 0.717) is 13.0 Å². The van der Waals surface area contributed by atoms with Crippen LogP contribution < -0.4 is 5.32 Å². The maximum Gasteiger partial charge on any atom is 0.290 e. The summed E-state index contributed by atoms with van der Waals surface area (Å²) >= 11 is 0. The van der Waals surface area contributed by atoms with Crippen molar-refractivity contribution in [1.82, 2.24) is 25.1 Å². The fourth-order valence-corrected chi connectivity index (χ4v) is 2.19. The van der Waals surface area contributed by atoms with Gasteiger partial charge in [-0.15, -0.1) is 5.10 Å². The zero-order valence-electron chi connectivity index (χ0n) is 12.8. The second-order valence-electron chi connectivity index (χ2n) is 5.18. The predicted molar refractivity (Wildman–Crippen MR) is 86.4 cm³/mol. The van der Waals surface area contributed by atoms with Gasteiger partial charge in [-0.05, 0) is 36.8 Å². The number of hydrogen-bond donors (Lipinski definition) is 1. The number of pyridine rings is 1. The average Bonchev–Trinajstić information content (AvgIpc) is 3.06. The lowest BCUT2D eigenvalue weighted by Gasteiger charge is -2.02. The summed E-state index contributed by atoms with van der Waals surface area (Å²) in [5, 5.41) is 7.03. The number of carbonyl (C=O) groups is 1. The van der Waals surface area contributed by atoms with Gasteiger partial charge in [0.1, 0.15) is 6.33 Å². The van der Waals surface area contributed by atoms with Crippen molar-refractivity contribution in [2.45, 2.75) is 13.3 Å². The van der Waals surface area contributed by atoms with Gasteiger partial charge in [-0.3, -0.25) is 9.78 Å². The van der Waals surface area contributed by atoms with Crippen LogP contribution in [0.3, 0.4) is 0 Å². The Hall–Kier alpha value is -3.02. The van der Waals surface area contributed by atoms with Gasteiger partial charge in [-0.2, -0.15) is 0 Å². The summed E-state index contributed by atoms with van der Waals surface area (Å²) in [6.07, 6.45) is 3.95. The molecule has 0 atom stereocenters. The molecule has 0 fully saturated rings. The number of nitrogens with zero attached hydrogens (tertiary/aromatic N) is 4. The quantitative estimate of drug-likeness (QED) is 0.782. The van der Waals surface area contributed by atoms with E-state index >= 15 is 0 Å². The van der Waals surface area contributed by atoms with Crippen molar-refractivity contribution < 1.29 is 4.79 Å². The van der Waals surface area contributed by atoms with Crippen molar-refractivity contribution in [2.75, 3.05) is 6.54 Å². The Morgan fingerprint density at radius 3 is 2.87 bits per heavy atom. The van der Waals surface area contributed by atoms with E-state index in [-0.39, 0.29) is 11.7 Å². The first kappa shape index (κ1) is 14.9. The van der Waals surface area contributed by atoms with Crippen LogP contribution >= 0.6 is 0 Å². The molecule has 0 unspecified atom stereocenters. The molecule has 3 aromatic rings. The van der Waals surface area contributed by atoms with Crippen LogP contribution in [0, 0.1) is 6.92 Å². The van der Waals surface area contributed by atoms with E-state index in [1.807, 2.05) is 49.4 Å². The minimum Gasteiger partial charge on any atom is -0.349 e. The molecular weight excluding hydrogens is 290 g/mol. The molecule has 1 N–H and O–H groups in total. The Bertz CT molecular complexity index is 798. The molecular formula is C17H17N5O. The summed E-state index contributed by atoms with van der Waals surface area (Å²) in [4.78, 5) is 20.4. The van der Waals surface area contributed by atoms with Crippen molar-refractivity contribution in [3.63, 3.8) is 0 Å². The van der Waals surface area contributed by atoms with Crippen molar-refractivity contribution in [3.8, 4) is 5.69 Å². The zero-order valence-corrected chi connectivity index (χ0v) is 12.8. The second-order valence-corrected chi connectivity index (χ2v) is 5.18. The van der Waals surface area contributed by atoms with Crippen molar-refractivity contribution in [3.05, 3.63) is 72.1 Å². The molecule has 0 saturated carbocycles. The van der Waals surface area contributed by atoms with Crippen LogP contribution in [0.1, 0.15) is 21.9 Å². The Morgan fingerprint density at radius 2 is 2.09 bits per heavy atom. The molecule has 3 rings (SSSR count). The number of carbonyl (C=O) groups excluding carboxylic acids is 1. The highest BCUT2D eigenvalue weighted by Crippen LogP contribution is 2.08. The van der Waals surface area contributed by atoms with Gasteiger partial charge in [0.25, 0.3) is 5.91 Å². The minimum atomic E-state index is -0.285. The van der Waals surface area contributed by atoms with Crippen LogP contribution in [0.5, 0.6) is 0 Å². The molecule has 0 aliphatic rings. The summed E-state index contributed by atoms with van der Waals surface area (Å²) in [6, 6.07) is 13.6. The number of hydrogen-bond acceptors (Lipinski definition) is 4. The lowest BCUT2D eigenvalue weighted by Crippen LogP contribution is -2.27. The summed E-state index contributed by atoms with van der Waals surface area (Å²) in [7, 11) is 0. The first-order valence-corrected chi connectivity index (χ1v) is 7.39. The summed E-state index contributed by atoms with van der Waals surface area (Å²) in [5.74, 6) is -0.125. The Balaban J connectivity index is 1.60. The standard InChI is InChI=1S/C17H17N5O/c1-13-5-4-7-15(11-13)22-12-20-16(21-22)17(23)19-10-8-14-6-2-3-9-18-14/h2-7,9,11-12H,8,10H2,1H3,(H,19,23). The molecule has 1 amide bonds. The zero-order chi connectivity index (χ0) is 16.1. The molecule has 116 valence electrons. The van der Waals surface area contributed by atoms with Crippen LogP contribution in [0.15, 0.2) is 55.0 Å². The van der Waals surface area contributed by atoms with Crippen molar-refractivity contribution in [2.24, 2.45) is 0 Å². The molecule has 23 heavy (non-hydrogen) atoms. The largest absolute Gasteiger partial charge is 0.349 e. The number of aromatic nitrogens is 4. The van der Waals surface area contributed by atoms with Gasteiger partial charge in [-0.1, -0.05) is 18.2 Å². The highest BCUT2D eigenvalue weighted by Gasteiger charge is 2.11. The Labute approximate surface area is 134 Å². The van der Waals surface area contributed by atoms with Gasteiger partial charge >= 0.3 is 0 Å². The third kappa shape index (κ3) is 3.79. The van der Waals surface area contributed by atoms with Gasteiger partial charge in [-0.25, -0.2) is 9.67 Å². The molecule has 2 aromatic heterocycles. The Kier molecular flexibility index (Phi) is 4.42. The number of amides is 1. The topological polar surface area (TPSA) is 72.7 Å². The SMILES string of the molecule is Cc1cccc(-n2cnc(C(=O)NCCc3ccccn3)n2)c1. The normalized spacial score (nSPS) is 10.5. The molecule has 2 heterocycles. The lowest BCUT2D eigenvalue weighted by molar-refractivity contribution is 0.0944. The van der Waals surface area contributed by atoms with E-state index < -0.39 is 0 Å². The first-order chi connectivity index (χ1) is 11.2. The van der Waals surface area contributed by atoms with E-state index in [9.17, 15) is 4.79 Å². The molecule has 0 spiro atoms. The molecule has 0 radical (unpaired) electrons. The molecule has 0 aliphatic heterocycles. The van der Waals surface area contributed by atoms with E-state index in [1.165, 1.54) is 0 Å². The highest BCUT2D eigenvalue weighted by molar-refractivity contribution is 5.90. The van der Waals surface area contributed by atoms with Gasteiger partial charge in [0.2, 0.25) is 5.82 Å². The number of nitrogens with one attached hydrogen (secondary N) is 1. The second kappa shape index (κ2) is 6.83. The maximum absolute atomic E-state index is 12.1. The third-order valence-corrected chi connectivity index (χ3v) is 3.35. The lowest BCUT2D eigenvalue weighted by atomic mass is 10.2. The van der Waals surface area contributed by atoms with Crippen LogP contribution in [-0.2, 0) is 6.42 Å². The van der Waals surface area contributed by atoms with Crippen molar-refractivity contribution >= 4 is 5.91 Å². The summed E-state index contributed by atoms with van der Waals surface area (Å²) in [5.41, 5.74) is 2.94. The fourth-order valence-electron chi connectivity index (χ4n) is 2.19. The molecule has 0 saturated heterocycles. The van der Waals surface area contributed by atoms with Gasteiger partial charge < -0.3 is 5.32 Å². The van der Waals surface area contributed by atoms with Crippen molar-refractivity contribution in [1.29, 1.82) is 0 Å². The first-order valence-electron chi connectivity index (χ1n) is 7.39. The highest BCUT2D eigenvalue weighted by atomic mass is 16.2. The molecule has 0 bridgehead atoms. The summed E-state index contributed by atoms with van der Waals surface area (Å²) < 4.78 is 1.60. The van der Waals surface area contributed by atoms with Gasteiger partial charge in [0.15, 0.2) is 0 Å². The molecule has 1 aromatic carbocycles. The van der Waals surface area contributed by atoms with E-state index in [0.717, 1.165) is 16.9 Å². The number of benzene rings is 1. The maximum atomic E-state index is 12.1. The van der Waals surface area contributed by atoms with E-state index in [2.05, 4.69) is 20.4 Å². The van der Waals surface area contributed by atoms with E-state index in [4.69, 9.17) is 0 Å². The summed E-state index contributed by atoms with van der Waals surface area (Å²) in [6.45, 7) is 2.50. The third-order valence-electron chi connectivity index (χ3n) is 3.35. The van der Waals surface area contributed by atoms with Crippen LogP contribution in [-0.4, -0.2) is 32.2 Å². The monoisotopic (exact) mass is 307 g/mol.